The van der Waals surface area contributed by atoms with Gasteiger partial charge in [-0.25, -0.2) is 4.98 Å². The second-order valence-corrected chi connectivity index (χ2v) is 9.73. The van der Waals surface area contributed by atoms with Crippen molar-refractivity contribution in [3.63, 3.8) is 0 Å². The Kier molecular flexibility index (Phi) is 8.42. The van der Waals surface area contributed by atoms with Crippen LogP contribution in [-0.4, -0.2) is 52.3 Å². The number of para-hydroxylation sites is 1. The minimum absolute atomic E-state index is 0.0753. The molecular formula is C25H29ClN4O2S. The highest BCUT2D eigenvalue weighted by molar-refractivity contribution is 7.99. The van der Waals surface area contributed by atoms with Crippen LogP contribution in [0.25, 0.3) is 16.6 Å². The Morgan fingerprint density at radius 2 is 1.91 bits per heavy atom. The van der Waals surface area contributed by atoms with E-state index in [4.69, 9.17) is 16.6 Å². The first-order valence-electron chi connectivity index (χ1n) is 11.5. The van der Waals surface area contributed by atoms with Gasteiger partial charge in [0.05, 0.1) is 16.6 Å². The lowest BCUT2D eigenvalue weighted by atomic mass is 10.1. The maximum atomic E-state index is 13.2. The van der Waals surface area contributed by atoms with Crippen molar-refractivity contribution in [2.24, 2.45) is 0 Å². The lowest BCUT2D eigenvalue weighted by Gasteiger charge is -2.26. The molecule has 8 heteroatoms. The summed E-state index contributed by atoms with van der Waals surface area (Å²) in [5.74, 6) is 0.761. The van der Waals surface area contributed by atoms with Gasteiger partial charge >= 0.3 is 0 Å². The van der Waals surface area contributed by atoms with E-state index >= 15 is 0 Å². The molecule has 174 valence electrons. The minimum atomic E-state index is -0.124. The summed E-state index contributed by atoms with van der Waals surface area (Å²) in [6, 6.07) is 14.6. The van der Waals surface area contributed by atoms with Gasteiger partial charge in [-0.05, 0) is 62.7 Å². The van der Waals surface area contributed by atoms with Crippen LogP contribution < -0.4 is 10.9 Å². The average Bonchev–Trinajstić information content (AvgIpc) is 2.83. The van der Waals surface area contributed by atoms with E-state index in [2.05, 4.69) is 10.2 Å². The third kappa shape index (κ3) is 6.37. The fraction of sp³-hybridized carbons (Fsp3) is 0.400. The number of benzene rings is 2. The maximum Gasteiger partial charge on any atom is 0.266 e. The molecular weight excluding hydrogens is 456 g/mol. The minimum Gasteiger partial charge on any atom is -0.355 e. The number of aromatic nitrogens is 2. The van der Waals surface area contributed by atoms with Gasteiger partial charge in [-0.3, -0.25) is 14.2 Å². The number of fused-ring (bicyclic) bond motifs is 1. The fourth-order valence-corrected chi connectivity index (χ4v) is 5.21. The van der Waals surface area contributed by atoms with E-state index in [1.807, 2.05) is 30.3 Å². The zero-order valence-electron chi connectivity index (χ0n) is 18.6. The van der Waals surface area contributed by atoms with Crippen LogP contribution >= 0.6 is 23.4 Å². The first-order chi connectivity index (χ1) is 16.1. The van der Waals surface area contributed by atoms with Crippen molar-refractivity contribution in [2.45, 2.75) is 37.3 Å². The second-order valence-electron chi connectivity index (χ2n) is 8.24. The molecule has 1 aromatic heterocycles. The number of carbonyl (C=O) groups excluding carboxylic acids is 1. The van der Waals surface area contributed by atoms with E-state index in [9.17, 15) is 9.59 Å². The van der Waals surface area contributed by atoms with Crippen molar-refractivity contribution in [3.05, 3.63) is 63.9 Å². The molecule has 0 spiro atoms. The monoisotopic (exact) mass is 484 g/mol. The van der Waals surface area contributed by atoms with Gasteiger partial charge in [-0.1, -0.05) is 48.0 Å². The van der Waals surface area contributed by atoms with Gasteiger partial charge in [0.15, 0.2) is 5.16 Å². The molecule has 0 unspecified atom stereocenters. The Bertz CT molecular complexity index is 1160. The van der Waals surface area contributed by atoms with Crippen molar-refractivity contribution in [3.8, 4) is 5.69 Å². The summed E-state index contributed by atoms with van der Waals surface area (Å²) in [4.78, 5) is 32.6. The quantitative estimate of drug-likeness (QED) is 0.275. The molecule has 2 heterocycles. The summed E-state index contributed by atoms with van der Waals surface area (Å²) < 4.78 is 1.61. The molecule has 0 atom stereocenters. The molecule has 2 aromatic carbocycles. The number of piperidine rings is 1. The van der Waals surface area contributed by atoms with Crippen LogP contribution in [0.1, 0.15) is 32.1 Å². The van der Waals surface area contributed by atoms with E-state index in [0.29, 0.717) is 51.9 Å². The molecule has 0 aliphatic carbocycles. The van der Waals surface area contributed by atoms with Crippen molar-refractivity contribution in [2.75, 3.05) is 31.9 Å². The highest BCUT2D eigenvalue weighted by atomic mass is 35.5. The highest BCUT2D eigenvalue weighted by Gasteiger charge is 2.14. The van der Waals surface area contributed by atoms with Gasteiger partial charge in [-0.2, -0.15) is 0 Å². The van der Waals surface area contributed by atoms with Crippen LogP contribution in [0.15, 0.2) is 58.5 Å². The summed E-state index contributed by atoms with van der Waals surface area (Å²) in [5, 5.41) is 4.76. The predicted molar refractivity (Wildman–Crippen MR) is 136 cm³/mol. The van der Waals surface area contributed by atoms with Crippen LogP contribution in [0.4, 0.5) is 0 Å². The smallest absolute Gasteiger partial charge is 0.266 e. The van der Waals surface area contributed by atoms with E-state index in [0.717, 1.165) is 19.6 Å². The van der Waals surface area contributed by atoms with Crippen LogP contribution in [0.3, 0.4) is 0 Å². The molecule has 3 aromatic rings. The van der Waals surface area contributed by atoms with E-state index in [1.54, 1.807) is 22.8 Å². The zero-order chi connectivity index (χ0) is 23.0. The van der Waals surface area contributed by atoms with Gasteiger partial charge in [0.1, 0.15) is 0 Å². The van der Waals surface area contributed by atoms with Crippen LogP contribution in [-0.2, 0) is 4.79 Å². The molecule has 1 aliphatic rings. The van der Waals surface area contributed by atoms with Crippen molar-refractivity contribution >= 4 is 40.2 Å². The van der Waals surface area contributed by atoms with E-state index in [1.165, 1.54) is 31.0 Å². The molecule has 1 N–H and O–H groups in total. The summed E-state index contributed by atoms with van der Waals surface area (Å²) in [6.45, 7) is 3.90. The van der Waals surface area contributed by atoms with Gasteiger partial charge in [0, 0.05) is 30.3 Å². The summed E-state index contributed by atoms with van der Waals surface area (Å²) in [5.41, 5.74) is 1.23. The Labute approximate surface area is 203 Å². The van der Waals surface area contributed by atoms with Gasteiger partial charge < -0.3 is 10.2 Å². The lowest BCUT2D eigenvalue weighted by Crippen LogP contribution is -2.37. The number of hydrogen-bond donors (Lipinski definition) is 1. The van der Waals surface area contributed by atoms with Crippen LogP contribution in [0, 0.1) is 0 Å². The normalized spacial score (nSPS) is 14.5. The second kappa shape index (κ2) is 11.7. The Hall–Kier alpha value is -2.35. The molecule has 1 aliphatic heterocycles. The molecule has 0 saturated carbocycles. The number of halogens is 1. The van der Waals surface area contributed by atoms with Gasteiger partial charge in [0.25, 0.3) is 5.56 Å². The first kappa shape index (κ1) is 23.8. The number of likely N-dealkylation sites (tertiary alicyclic amines) is 1. The number of hydrogen-bond acceptors (Lipinski definition) is 5. The molecule has 0 bridgehead atoms. The third-order valence-electron chi connectivity index (χ3n) is 5.79. The number of thioether (sulfide) groups is 1. The SMILES string of the molecule is O=C(CCCSc1nc2ccccc2c(=O)n1-c1cccc(Cl)c1)NCCN1CCCCC1. The molecule has 0 radical (unpaired) electrons. The fourth-order valence-electron chi connectivity index (χ4n) is 4.07. The summed E-state index contributed by atoms with van der Waals surface area (Å²) in [7, 11) is 0. The van der Waals surface area contributed by atoms with E-state index < -0.39 is 0 Å². The van der Waals surface area contributed by atoms with Crippen LogP contribution in [0.5, 0.6) is 0 Å². The third-order valence-corrected chi connectivity index (χ3v) is 7.05. The highest BCUT2D eigenvalue weighted by Crippen LogP contribution is 2.23. The van der Waals surface area contributed by atoms with Crippen molar-refractivity contribution in [1.82, 2.24) is 19.8 Å². The number of carbonyl (C=O) groups is 1. The van der Waals surface area contributed by atoms with Gasteiger partial charge in [0.2, 0.25) is 5.91 Å². The lowest BCUT2D eigenvalue weighted by molar-refractivity contribution is -0.121. The molecule has 6 nitrogen and oxygen atoms in total. The summed E-state index contributed by atoms with van der Waals surface area (Å²) in [6.07, 6.45) is 5.00. The Morgan fingerprint density at radius 1 is 1.09 bits per heavy atom. The predicted octanol–water partition coefficient (Wildman–Crippen LogP) is 4.51. The summed E-state index contributed by atoms with van der Waals surface area (Å²) >= 11 is 7.67. The Balaban J connectivity index is 1.37. The number of amides is 1. The number of nitrogens with one attached hydrogen (secondary N) is 1. The van der Waals surface area contributed by atoms with Crippen molar-refractivity contribution < 1.29 is 4.79 Å². The van der Waals surface area contributed by atoms with Gasteiger partial charge in [-0.15, -0.1) is 0 Å². The standard InChI is InChI=1S/C25H29ClN4O2S/c26-19-8-6-9-20(18-19)30-24(32)21-10-2-3-11-22(21)28-25(30)33-17-7-12-23(31)27-13-16-29-14-4-1-5-15-29/h2-3,6,8-11,18H,1,4-5,7,12-17H2,(H,27,31). The largest absolute Gasteiger partial charge is 0.355 e. The van der Waals surface area contributed by atoms with Crippen molar-refractivity contribution in [1.29, 1.82) is 0 Å². The molecule has 1 saturated heterocycles. The Morgan fingerprint density at radius 3 is 2.73 bits per heavy atom. The average molecular weight is 485 g/mol. The molecule has 4 rings (SSSR count). The first-order valence-corrected chi connectivity index (χ1v) is 12.9. The maximum absolute atomic E-state index is 13.2. The number of rotatable bonds is 9. The molecule has 1 fully saturated rings. The van der Waals surface area contributed by atoms with Crippen LogP contribution in [0.2, 0.25) is 5.02 Å². The zero-order valence-corrected chi connectivity index (χ0v) is 20.2. The number of nitrogens with zero attached hydrogens (tertiary/aromatic N) is 3. The topological polar surface area (TPSA) is 67.2 Å². The molecule has 33 heavy (non-hydrogen) atoms. The molecule has 1 amide bonds. The van der Waals surface area contributed by atoms with E-state index in [-0.39, 0.29) is 11.5 Å².